The minimum atomic E-state index is -0.602. The number of ketones is 2. The fourth-order valence-corrected chi connectivity index (χ4v) is 6.73. The van der Waals surface area contributed by atoms with Crippen LogP contribution in [0.2, 0.25) is 0 Å². The molecule has 0 radical (unpaired) electrons. The number of allylic oxidation sites excluding steroid dienone is 6. The van der Waals surface area contributed by atoms with Crippen LogP contribution in [0.1, 0.15) is 43.7 Å². The highest BCUT2D eigenvalue weighted by atomic mass is 16.5. The summed E-state index contributed by atoms with van der Waals surface area (Å²) in [6, 6.07) is 14.4. The van der Waals surface area contributed by atoms with Crippen LogP contribution in [0.4, 0.5) is 0 Å². The molecule has 1 aliphatic heterocycles. The number of imide groups is 1. The van der Waals surface area contributed by atoms with Gasteiger partial charge in [0.25, 0.3) is 0 Å². The number of hydrogen-bond donors (Lipinski definition) is 1. The third kappa shape index (κ3) is 3.95. The number of hydrogen-bond acceptors (Lipinski definition) is 6. The molecule has 6 rings (SSSR count). The molecule has 2 amide bonds. The van der Waals surface area contributed by atoms with Crippen LogP contribution in [0, 0.1) is 17.8 Å². The molecule has 2 aromatic carbocycles. The number of phenolic OH excluding ortho intramolecular Hbond substituents is 1. The van der Waals surface area contributed by atoms with Crippen LogP contribution >= 0.6 is 0 Å². The first-order valence-corrected chi connectivity index (χ1v) is 13.3. The Morgan fingerprint density at radius 2 is 1.77 bits per heavy atom. The molecule has 7 heteroatoms. The molecule has 7 nitrogen and oxygen atoms in total. The normalized spacial score (nSPS) is 26.2. The average molecular weight is 524 g/mol. The number of carbonyl (C=O) groups is 4. The quantitative estimate of drug-likeness (QED) is 0.354. The summed E-state index contributed by atoms with van der Waals surface area (Å²) in [5.41, 5.74) is 3.65. The molecule has 4 aliphatic rings. The van der Waals surface area contributed by atoms with Crippen LogP contribution in [-0.4, -0.2) is 40.0 Å². The smallest absolute Gasteiger partial charge is 0.234 e. The van der Waals surface area contributed by atoms with Crippen molar-refractivity contribution in [2.75, 3.05) is 6.61 Å². The van der Waals surface area contributed by atoms with Gasteiger partial charge in [0.1, 0.15) is 0 Å². The van der Waals surface area contributed by atoms with Gasteiger partial charge in [-0.15, -0.1) is 0 Å². The molecule has 0 aromatic heterocycles. The van der Waals surface area contributed by atoms with Crippen molar-refractivity contribution in [3.63, 3.8) is 0 Å². The largest absolute Gasteiger partial charge is 0.504 e. The first-order valence-electron chi connectivity index (χ1n) is 13.3. The lowest BCUT2D eigenvalue weighted by Gasteiger charge is -2.42. The van der Waals surface area contributed by atoms with Crippen LogP contribution in [0.5, 0.6) is 11.5 Å². The van der Waals surface area contributed by atoms with Gasteiger partial charge in [0.05, 0.1) is 25.0 Å². The van der Waals surface area contributed by atoms with Crippen molar-refractivity contribution in [1.29, 1.82) is 0 Å². The fourth-order valence-electron chi connectivity index (χ4n) is 6.73. The lowest BCUT2D eigenvalue weighted by molar-refractivity contribution is -0.140. The van der Waals surface area contributed by atoms with Gasteiger partial charge >= 0.3 is 0 Å². The number of amides is 2. The van der Waals surface area contributed by atoms with E-state index < -0.39 is 23.7 Å². The minimum Gasteiger partial charge on any atom is -0.504 e. The molecule has 1 heterocycles. The molecule has 0 saturated carbocycles. The van der Waals surface area contributed by atoms with Gasteiger partial charge in [-0.3, -0.25) is 24.1 Å². The van der Waals surface area contributed by atoms with Gasteiger partial charge in [-0.1, -0.05) is 48.0 Å². The molecule has 1 saturated heterocycles. The topological polar surface area (TPSA) is 101 Å². The molecule has 0 spiro atoms. The number of likely N-dealkylation sites (tertiary alicyclic amines) is 1. The van der Waals surface area contributed by atoms with Crippen molar-refractivity contribution in [3.05, 3.63) is 94.1 Å². The van der Waals surface area contributed by atoms with E-state index in [9.17, 15) is 24.3 Å². The molecule has 4 atom stereocenters. The van der Waals surface area contributed by atoms with E-state index in [4.69, 9.17) is 4.74 Å². The Morgan fingerprint density at radius 1 is 1.00 bits per heavy atom. The standard InChI is InChI=1S/C32H29NO6/c1-3-39-26-14-19(9-12-24(26)34)27-20-10-11-21-28(22(20)15-23-29(27)25(35)13-17(2)30(23)36)32(38)33(31(21)37)16-18-7-5-4-6-8-18/h4-10,12-14,21-22,27-28,34H,3,11,15-16H2,1-2H3/t21-,22+,27-,28-/m0/s1. The fraction of sp³-hybridized carbons (Fsp3) is 0.312. The predicted molar refractivity (Wildman–Crippen MR) is 143 cm³/mol. The van der Waals surface area contributed by atoms with Crippen molar-refractivity contribution in [2.45, 2.75) is 39.2 Å². The van der Waals surface area contributed by atoms with Gasteiger partial charge in [0.15, 0.2) is 23.1 Å². The average Bonchev–Trinajstić information content (AvgIpc) is 3.17. The van der Waals surface area contributed by atoms with Crippen molar-refractivity contribution in [1.82, 2.24) is 4.90 Å². The third-order valence-electron chi connectivity index (χ3n) is 8.45. The number of phenols is 1. The van der Waals surface area contributed by atoms with E-state index in [0.717, 1.165) is 11.1 Å². The first-order chi connectivity index (χ1) is 18.8. The maximum Gasteiger partial charge on any atom is 0.234 e. The summed E-state index contributed by atoms with van der Waals surface area (Å²) < 4.78 is 5.62. The van der Waals surface area contributed by atoms with E-state index in [1.165, 1.54) is 17.0 Å². The summed E-state index contributed by atoms with van der Waals surface area (Å²) in [6.07, 6.45) is 4.01. The number of ether oxygens (including phenoxy) is 1. The number of nitrogens with zero attached hydrogens (tertiary/aromatic N) is 1. The summed E-state index contributed by atoms with van der Waals surface area (Å²) >= 11 is 0. The second-order valence-electron chi connectivity index (χ2n) is 10.6. The Morgan fingerprint density at radius 3 is 2.51 bits per heavy atom. The highest BCUT2D eigenvalue weighted by molar-refractivity contribution is 6.23. The zero-order valence-corrected chi connectivity index (χ0v) is 21.8. The summed E-state index contributed by atoms with van der Waals surface area (Å²) in [4.78, 5) is 55.5. The van der Waals surface area contributed by atoms with Crippen LogP contribution in [0.15, 0.2) is 83.0 Å². The van der Waals surface area contributed by atoms with Gasteiger partial charge in [-0.05, 0) is 61.9 Å². The number of aromatic hydroxyl groups is 1. The van der Waals surface area contributed by atoms with Gasteiger partial charge in [0, 0.05) is 22.6 Å². The van der Waals surface area contributed by atoms with E-state index in [0.29, 0.717) is 35.3 Å². The van der Waals surface area contributed by atoms with E-state index in [1.54, 1.807) is 19.1 Å². The number of fused-ring (bicyclic) bond motifs is 3. The minimum absolute atomic E-state index is 0.0187. The molecule has 198 valence electrons. The lowest BCUT2D eigenvalue weighted by atomic mass is 9.59. The van der Waals surface area contributed by atoms with Gasteiger partial charge < -0.3 is 9.84 Å². The Labute approximate surface area is 226 Å². The zero-order valence-electron chi connectivity index (χ0n) is 21.8. The Hall–Kier alpha value is -4.26. The predicted octanol–water partition coefficient (Wildman–Crippen LogP) is 4.42. The number of rotatable bonds is 5. The Bertz CT molecular complexity index is 1510. The Kier molecular flexibility index (Phi) is 6.09. The number of carbonyl (C=O) groups excluding carboxylic acids is 4. The lowest BCUT2D eigenvalue weighted by Crippen LogP contribution is -2.39. The van der Waals surface area contributed by atoms with Crippen molar-refractivity contribution < 1.29 is 29.0 Å². The SMILES string of the molecule is CCOc1cc([C@H]2C3=CC[C@@H]4C(=O)N(Cc5ccccc5)C(=O)[C@@H]4[C@@H]3CC3=C2C(=O)C=C(C)C3=O)ccc1O. The maximum absolute atomic E-state index is 13.9. The molecule has 39 heavy (non-hydrogen) atoms. The molecule has 2 aromatic rings. The molecule has 1 fully saturated rings. The summed E-state index contributed by atoms with van der Waals surface area (Å²) in [6.45, 7) is 4.00. The van der Waals surface area contributed by atoms with E-state index in [2.05, 4.69) is 0 Å². The maximum atomic E-state index is 13.9. The van der Waals surface area contributed by atoms with Crippen LogP contribution < -0.4 is 4.74 Å². The molecule has 0 unspecified atom stereocenters. The Balaban J connectivity index is 1.45. The molecule has 0 bridgehead atoms. The molecular weight excluding hydrogens is 494 g/mol. The molecule has 3 aliphatic carbocycles. The zero-order chi connectivity index (χ0) is 27.4. The summed E-state index contributed by atoms with van der Waals surface area (Å²) in [5, 5.41) is 10.3. The monoisotopic (exact) mass is 523 g/mol. The first kappa shape index (κ1) is 25.0. The van der Waals surface area contributed by atoms with Gasteiger partial charge in [0.2, 0.25) is 11.8 Å². The second kappa shape index (κ2) is 9.49. The number of Topliss-reactive ketones (excluding diaryl/α,β-unsaturated/α-hetero) is 1. The van der Waals surface area contributed by atoms with Crippen molar-refractivity contribution >= 4 is 23.4 Å². The van der Waals surface area contributed by atoms with Gasteiger partial charge in [-0.25, -0.2) is 0 Å². The van der Waals surface area contributed by atoms with Crippen molar-refractivity contribution in [3.8, 4) is 11.5 Å². The second-order valence-corrected chi connectivity index (χ2v) is 10.6. The summed E-state index contributed by atoms with van der Waals surface area (Å²) in [7, 11) is 0. The van der Waals surface area contributed by atoms with Crippen molar-refractivity contribution in [2.24, 2.45) is 17.8 Å². The molecule has 1 N–H and O–H groups in total. The van der Waals surface area contributed by atoms with Gasteiger partial charge in [-0.2, -0.15) is 0 Å². The third-order valence-corrected chi connectivity index (χ3v) is 8.45. The summed E-state index contributed by atoms with van der Waals surface area (Å²) in [5.74, 6) is -2.64. The van der Waals surface area contributed by atoms with Crippen LogP contribution in [-0.2, 0) is 25.7 Å². The highest BCUT2D eigenvalue weighted by Gasteiger charge is 2.56. The van der Waals surface area contributed by atoms with Crippen LogP contribution in [0.25, 0.3) is 0 Å². The van der Waals surface area contributed by atoms with Crippen LogP contribution in [0.3, 0.4) is 0 Å². The van der Waals surface area contributed by atoms with E-state index in [-0.39, 0.29) is 47.8 Å². The number of benzene rings is 2. The van der Waals surface area contributed by atoms with E-state index >= 15 is 0 Å². The highest BCUT2D eigenvalue weighted by Crippen LogP contribution is 2.55. The van der Waals surface area contributed by atoms with E-state index in [1.807, 2.05) is 43.3 Å². The molecular formula is C32H29NO6.